The van der Waals surface area contributed by atoms with Crippen molar-refractivity contribution in [2.75, 3.05) is 19.7 Å². The van der Waals surface area contributed by atoms with Crippen molar-refractivity contribution in [2.45, 2.75) is 52.4 Å². The van der Waals surface area contributed by atoms with Crippen LogP contribution in [0.5, 0.6) is 0 Å². The maximum atomic E-state index is 11.9. The maximum absolute atomic E-state index is 11.9. The van der Waals surface area contributed by atoms with Crippen molar-refractivity contribution < 1.29 is 14.3 Å². The van der Waals surface area contributed by atoms with E-state index in [2.05, 4.69) is 13.8 Å². The van der Waals surface area contributed by atoms with Crippen LogP contribution >= 0.6 is 0 Å². The van der Waals surface area contributed by atoms with Gasteiger partial charge in [-0.25, -0.2) is 0 Å². The van der Waals surface area contributed by atoms with Crippen LogP contribution in [0.2, 0.25) is 0 Å². The molecule has 0 aromatic heterocycles. The smallest absolute Gasteiger partial charge is 0.306 e. The molecule has 4 nitrogen and oxygen atoms in total. The molecule has 0 aromatic carbocycles. The molecule has 1 aliphatic heterocycles. The normalized spacial score (nSPS) is 16.7. The molecule has 104 valence electrons. The highest BCUT2D eigenvalue weighted by molar-refractivity contribution is 5.81. The van der Waals surface area contributed by atoms with Gasteiger partial charge < -0.3 is 9.64 Å². The standard InChI is InChI=1S/C14H25NO3/c1-3-4-11-18-14(17)6-5-13(16)15-9-7-12(2)8-10-15/h12H,3-11H2,1-2H3. The number of piperidine rings is 1. The Morgan fingerprint density at radius 2 is 1.89 bits per heavy atom. The van der Waals surface area contributed by atoms with Crippen LogP contribution < -0.4 is 0 Å². The van der Waals surface area contributed by atoms with Gasteiger partial charge in [0.05, 0.1) is 13.0 Å². The van der Waals surface area contributed by atoms with Crippen molar-refractivity contribution in [2.24, 2.45) is 5.92 Å². The van der Waals surface area contributed by atoms with Gasteiger partial charge in [0.2, 0.25) is 5.91 Å². The molecule has 1 rings (SSSR count). The minimum atomic E-state index is -0.248. The quantitative estimate of drug-likeness (QED) is 0.540. The molecule has 4 heteroatoms. The van der Waals surface area contributed by atoms with Gasteiger partial charge in [-0.15, -0.1) is 0 Å². The molecule has 0 bridgehead atoms. The zero-order valence-corrected chi connectivity index (χ0v) is 11.6. The molecular weight excluding hydrogens is 230 g/mol. The number of esters is 1. The average Bonchev–Trinajstić information content (AvgIpc) is 2.37. The summed E-state index contributed by atoms with van der Waals surface area (Å²) in [6.45, 7) is 6.42. The molecule has 0 aromatic rings. The second kappa shape index (κ2) is 8.11. The van der Waals surface area contributed by atoms with Crippen LogP contribution in [0.4, 0.5) is 0 Å². The van der Waals surface area contributed by atoms with Gasteiger partial charge in [-0.05, 0) is 25.2 Å². The summed E-state index contributed by atoms with van der Waals surface area (Å²) in [6.07, 6.45) is 4.56. The number of amides is 1. The van der Waals surface area contributed by atoms with Gasteiger partial charge in [0.15, 0.2) is 0 Å². The predicted molar refractivity (Wildman–Crippen MR) is 70.1 cm³/mol. The van der Waals surface area contributed by atoms with Crippen molar-refractivity contribution in [3.8, 4) is 0 Å². The van der Waals surface area contributed by atoms with E-state index in [0.717, 1.165) is 38.8 Å². The Morgan fingerprint density at radius 1 is 1.22 bits per heavy atom. The number of unbranched alkanes of at least 4 members (excludes halogenated alkanes) is 1. The van der Waals surface area contributed by atoms with Crippen LogP contribution in [0.1, 0.15) is 52.4 Å². The summed E-state index contributed by atoms with van der Waals surface area (Å²) >= 11 is 0. The highest BCUT2D eigenvalue weighted by atomic mass is 16.5. The Morgan fingerprint density at radius 3 is 2.50 bits per heavy atom. The Kier molecular flexibility index (Phi) is 6.76. The van der Waals surface area contributed by atoms with Crippen molar-refractivity contribution in [1.82, 2.24) is 4.90 Å². The molecule has 1 heterocycles. The van der Waals surface area contributed by atoms with E-state index in [1.807, 2.05) is 4.90 Å². The van der Waals surface area contributed by atoms with E-state index in [9.17, 15) is 9.59 Å². The van der Waals surface area contributed by atoms with Crippen LogP contribution in [-0.2, 0) is 14.3 Å². The van der Waals surface area contributed by atoms with Crippen molar-refractivity contribution in [3.05, 3.63) is 0 Å². The highest BCUT2D eigenvalue weighted by Gasteiger charge is 2.20. The fraction of sp³-hybridized carbons (Fsp3) is 0.857. The fourth-order valence-corrected chi connectivity index (χ4v) is 2.03. The van der Waals surface area contributed by atoms with Gasteiger partial charge in [0.25, 0.3) is 0 Å². The number of hydrogen-bond donors (Lipinski definition) is 0. The zero-order valence-electron chi connectivity index (χ0n) is 11.6. The molecule has 1 amide bonds. The van der Waals surface area contributed by atoms with Gasteiger partial charge in [0.1, 0.15) is 0 Å². The van der Waals surface area contributed by atoms with E-state index in [4.69, 9.17) is 4.74 Å². The number of nitrogens with zero attached hydrogens (tertiary/aromatic N) is 1. The molecule has 18 heavy (non-hydrogen) atoms. The number of hydrogen-bond acceptors (Lipinski definition) is 3. The summed E-state index contributed by atoms with van der Waals surface area (Å²) in [5, 5.41) is 0. The molecule has 0 radical (unpaired) electrons. The summed E-state index contributed by atoms with van der Waals surface area (Å²) in [4.78, 5) is 25.1. The molecule has 0 N–H and O–H groups in total. The summed E-state index contributed by atoms with van der Waals surface area (Å²) in [6, 6.07) is 0. The number of carbonyl (C=O) groups excluding carboxylic acids is 2. The van der Waals surface area contributed by atoms with Gasteiger partial charge in [-0.1, -0.05) is 20.3 Å². The first-order chi connectivity index (χ1) is 8.63. The third-order valence-corrected chi connectivity index (χ3v) is 3.44. The summed E-state index contributed by atoms with van der Waals surface area (Å²) in [7, 11) is 0. The summed E-state index contributed by atoms with van der Waals surface area (Å²) in [5.74, 6) is 0.560. The number of likely N-dealkylation sites (tertiary alicyclic amines) is 1. The van der Waals surface area contributed by atoms with E-state index in [1.165, 1.54) is 0 Å². The molecule has 1 fully saturated rings. The predicted octanol–water partition coefficient (Wildman–Crippen LogP) is 2.37. The van der Waals surface area contributed by atoms with Gasteiger partial charge in [-0.2, -0.15) is 0 Å². The Hall–Kier alpha value is -1.06. The lowest BCUT2D eigenvalue weighted by molar-refractivity contribution is -0.146. The lowest BCUT2D eigenvalue weighted by Gasteiger charge is -2.30. The minimum Gasteiger partial charge on any atom is -0.466 e. The molecule has 1 saturated heterocycles. The first kappa shape index (κ1) is 15.0. The molecule has 0 saturated carbocycles. The first-order valence-corrected chi connectivity index (χ1v) is 7.07. The molecule has 0 aliphatic carbocycles. The van der Waals surface area contributed by atoms with E-state index in [1.54, 1.807) is 0 Å². The van der Waals surface area contributed by atoms with Gasteiger partial charge in [0, 0.05) is 19.5 Å². The van der Waals surface area contributed by atoms with Gasteiger partial charge in [-0.3, -0.25) is 9.59 Å². The van der Waals surface area contributed by atoms with Crippen LogP contribution in [0, 0.1) is 5.92 Å². The molecule has 0 spiro atoms. The topological polar surface area (TPSA) is 46.6 Å². The number of carbonyl (C=O) groups is 2. The van der Waals surface area contributed by atoms with Crippen LogP contribution in [-0.4, -0.2) is 36.5 Å². The fourth-order valence-electron chi connectivity index (χ4n) is 2.03. The Bertz CT molecular complexity index is 270. The number of ether oxygens (including phenoxy) is 1. The molecule has 0 unspecified atom stereocenters. The van der Waals surface area contributed by atoms with Crippen molar-refractivity contribution >= 4 is 11.9 Å². The third kappa shape index (κ3) is 5.52. The van der Waals surface area contributed by atoms with Crippen molar-refractivity contribution in [1.29, 1.82) is 0 Å². The van der Waals surface area contributed by atoms with Crippen LogP contribution in [0.15, 0.2) is 0 Å². The minimum absolute atomic E-state index is 0.0920. The number of rotatable bonds is 6. The Labute approximate surface area is 110 Å². The summed E-state index contributed by atoms with van der Waals surface area (Å²) < 4.78 is 5.03. The Balaban J connectivity index is 2.14. The van der Waals surface area contributed by atoms with E-state index >= 15 is 0 Å². The van der Waals surface area contributed by atoms with Crippen molar-refractivity contribution in [3.63, 3.8) is 0 Å². The zero-order chi connectivity index (χ0) is 13.4. The average molecular weight is 255 g/mol. The van der Waals surface area contributed by atoms with E-state index < -0.39 is 0 Å². The second-order valence-corrected chi connectivity index (χ2v) is 5.14. The van der Waals surface area contributed by atoms with Crippen LogP contribution in [0.3, 0.4) is 0 Å². The lowest BCUT2D eigenvalue weighted by Crippen LogP contribution is -2.38. The van der Waals surface area contributed by atoms with E-state index in [0.29, 0.717) is 18.9 Å². The molecular formula is C14H25NO3. The van der Waals surface area contributed by atoms with Crippen LogP contribution in [0.25, 0.3) is 0 Å². The van der Waals surface area contributed by atoms with E-state index in [-0.39, 0.29) is 18.3 Å². The molecule has 0 atom stereocenters. The molecule has 1 aliphatic rings. The monoisotopic (exact) mass is 255 g/mol. The lowest BCUT2D eigenvalue weighted by atomic mass is 9.99. The first-order valence-electron chi connectivity index (χ1n) is 7.07. The largest absolute Gasteiger partial charge is 0.466 e. The highest BCUT2D eigenvalue weighted by Crippen LogP contribution is 2.16. The van der Waals surface area contributed by atoms with Gasteiger partial charge >= 0.3 is 5.97 Å². The maximum Gasteiger partial charge on any atom is 0.306 e. The third-order valence-electron chi connectivity index (χ3n) is 3.44. The SMILES string of the molecule is CCCCOC(=O)CCC(=O)N1CCC(C)CC1. The second-order valence-electron chi connectivity index (χ2n) is 5.14. The summed E-state index contributed by atoms with van der Waals surface area (Å²) in [5.41, 5.74) is 0.